The minimum absolute atomic E-state index is 0.166. The minimum atomic E-state index is -0.940. The van der Waals surface area contributed by atoms with Crippen molar-refractivity contribution in [2.75, 3.05) is 0 Å². The Morgan fingerprint density at radius 1 is 1.78 bits per heavy atom. The molecule has 0 spiro atoms. The topological polar surface area (TPSA) is 63.3 Å². The van der Waals surface area contributed by atoms with Crippen LogP contribution in [0.4, 0.5) is 0 Å². The van der Waals surface area contributed by atoms with Gasteiger partial charge in [-0.05, 0) is 19.4 Å². The first-order chi connectivity index (χ1) is 4.04. The largest absolute Gasteiger partial charge is 0.478 e. The van der Waals surface area contributed by atoms with Gasteiger partial charge in [0.05, 0.1) is 0 Å². The molecule has 0 aromatic carbocycles. The maximum atomic E-state index is 9.98. The van der Waals surface area contributed by atoms with E-state index in [4.69, 9.17) is 10.8 Å². The van der Waals surface area contributed by atoms with Crippen molar-refractivity contribution in [3.05, 3.63) is 11.6 Å². The fraction of sp³-hybridized carbons (Fsp3) is 0.500. The van der Waals surface area contributed by atoms with E-state index in [1.54, 1.807) is 13.8 Å². The molecule has 3 N–H and O–H groups in total. The standard InChI is InChI=1S/C6H11NO2/c1-4(5(2)7)3-6(8)9/h3,5H,7H2,1-2H3,(H,8,9)/b4-3+. The lowest BCUT2D eigenvalue weighted by atomic mass is 10.1. The Morgan fingerprint density at radius 2 is 2.22 bits per heavy atom. The summed E-state index contributed by atoms with van der Waals surface area (Å²) < 4.78 is 0. The van der Waals surface area contributed by atoms with Gasteiger partial charge in [0.25, 0.3) is 0 Å². The lowest BCUT2D eigenvalue weighted by Crippen LogP contribution is -2.16. The summed E-state index contributed by atoms with van der Waals surface area (Å²) in [5.74, 6) is -0.940. The third-order valence-corrected chi connectivity index (χ3v) is 1.07. The van der Waals surface area contributed by atoms with Crippen molar-refractivity contribution >= 4 is 5.97 Å². The van der Waals surface area contributed by atoms with Crippen molar-refractivity contribution in [1.29, 1.82) is 0 Å². The monoisotopic (exact) mass is 129 g/mol. The molecule has 52 valence electrons. The molecule has 9 heavy (non-hydrogen) atoms. The van der Waals surface area contributed by atoms with Gasteiger partial charge in [-0.1, -0.05) is 0 Å². The van der Waals surface area contributed by atoms with Crippen LogP contribution >= 0.6 is 0 Å². The van der Waals surface area contributed by atoms with Crippen molar-refractivity contribution in [1.82, 2.24) is 0 Å². The molecule has 0 aromatic heterocycles. The number of nitrogens with two attached hydrogens (primary N) is 1. The highest BCUT2D eigenvalue weighted by atomic mass is 16.4. The van der Waals surface area contributed by atoms with Crippen molar-refractivity contribution in [3.63, 3.8) is 0 Å². The second-order valence-electron chi connectivity index (χ2n) is 2.02. The Bertz CT molecular complexity index is 138. The van der Waals surface area contributed by atoms with E-state index in [2.05, 4.69) is 0 Å². The Hall–Kier alpha value is -0.830. The van der Waals surface area contributed by atoms with E-state index in [9.17, 15) is 4.79 Å². The van der Waals surface area contributed by atoms with E-state index in [0.29, 0.717) is 5.57 Å². The van der Waals surface area contributed by atoms with Gasteiger partial charge in [0.15, 0.2) is 0 Å². The number of hydrogen-bond donors (Lipinski definition) is 2. The maximum absolute atomic E-state index is 9.98. The highest BCUT2D eigenvalue weighted by Crippen LogP contribution is 1.95. The number of carbonyl (C=O) groups is 1. The average Bonchev–Trinajstić information content (AvgIpc) is 1.63. The van der Waals surface area contributed by atoms with Crippen LogP contribution < -0.4 is 5.73 Å². The predicted molar refractivity (Wildman–Crippen MR) is 35.0 cm³/mol. The number of hydrogen-bond acceptors (Lipinski definition) is 2. The third-order valence-electron chi connectivity index (χ3n) is 1.07. The van der Waals surface area contributed by atoms with E-state index in [1.807, 2.05) is 0 Å². The van der Waals surface area contributed by atoms with Crippen LogP contribution in [-0.4, -0.2) is 17.1 Å². The molecular formula is C6H11NO2. The fourth-order valence-electron chi connectivity index (χ4n) is 0.326. The van der Waals surface area contributed by atoms with E-state index in [0.717, 1.165) is 6.08 Å². The molecule has 0 bridgehead atoms. The van der Waals surface area contributed by atoms with Crippen molar-refractivity contribution in [2.45, 2.75) is 19.9 Å². The zero-order chi connectivity index (χ0) is 7.44. The van der Waals surface area contributed by atoms with Crippen LogP contribution in [0.3, 0.4) is 0 Å². The molecule has 1 unspecified atom stereocenters. The molecule has 1 atom stereocenters. The number of carboxylic acids is 1. The van der Waals surface area contributed by atoms with Crippen molar-refractivity contribution in [3.8, 4) is 0 Å². The first-order valence-corrected chi connectivity index (χ1v) is 2.70. The normalized spacial score (nSPS) is 15.2. The summed E-state index contributed by atoms with van der Waals surface area (Å²) in [4.78, 5) is 9.98. The summed E-state index contributed by atoms with van der Waals surface area (Å²) in [5.41, 5.74) is 6.04. The Kier molecular flexibility index (Phi) is 2.95. The van der Waals surface area contributed by atoms with Crippen LogP contribution in [0.5, 0.6) is 0 Å². The fourth-order valence-corrected chi connectivity index (χ4v) is 0.326. The van der Waals surface area contributed by atoms with Crippen molar-refractivity contribution < 1.29 is 9.90 Å². The molecule has 0 aromatic rings. The molecule has 0 saturated carbocycles. The lowest BCUT2D eigenvalue weighted by Gasteiger charge is -2.01. The van der Waals surface area contributed by atoms with Gasteiger partial charge >= 0.3 is 5.97 Å². The Morgan fingerprint density at radius 3 is 2.33 bits per heavy atom. The van der Waals surface area contributed by atoms with Crippen LogP contribution in [0.1, 0.15) is 13.8 Å². The number of carboxylic acid groups (broad SMARTS) is 1. The van der Waals surface area contributed by atoms with Gasteiger partial charge in [-0.25, -0.2) is 4.79 Å². The van der Waals surface area contributed by atoms with Crippen LogP contribution in [-0.2, 0) is 4.79 Å². The van der Waals surface area contributed by atoms with E-state index >= 15 is 0 Å². The summed E-state index contributed by atoms with van der Waals surface area (Å²) in [6.07, 6.45) is 1.12. The first kappa shape index (κ1) is 8.17. The quantitative estimate of drug-likeness (QED) is 0.529. The molecular weight excluding hydrogens is 118 g/mol. The molecule has 0 saturated heterocycles. The summed E-state index contributed by atoms with van der Waals surface area (Å²) in [6, 6.07) is -0.166. The van der Waals surface area contributed by atoms with E-state index < -0.39 is 5.97 Å². The molecule has 0 amide bonds. The van der Waals surface area contributed by atoms with Gasteiger partial charge in [-0.2, -0.15) is 0 Å². The SMILES string of the molecule is C/C(=C\C(=O)O)C(C)N. The van der Waals surface area contributed by atoms with Crippen LogP contribution in [0.15, 0.2) is 11.6 Å². The summed E-state index contributed by atoms with van der Waals surface area (Å²) in [7, 11) is 0. The van der Waals surface area contributed by atoms with E-state index in [-0.39, 0.29) is 6.04 Å². The second-order valence-corrected chi connectivity index (χ2v) is 2.02. The highest BCUT2D eigenvalue weighted by Gasteiger charge is 1.97. The summed E-state index contributed by atoms with van der Waals surface area (Å²) in [6.45, 7) is 3.44. The molecule has 0 radical (unpaired) electrons. The zero-order valence-electron chi connectivity index (χ0n) is 5.59. The predicted octanol–water partition coefficient (Wildman–Crippen LogP) is 0.365. The lowest BCUT2D eigenvalue weighted by molar-refractivity contribution is -0.131. The second kappa shape index (κ2) is 3.25. The van der Waals surface area contributed by atoms with Crippen LogP contribution in [0, 0.1) is 0 Å². The molecule has 3 heteroatoms. The summed E-state index contributed by atoms with van der Waals surface area (Å²) >= 11 is 0. The van der Waals surface area contributed by atoms with Crippen LogP contribution in [0.2, 0.25) is 0 Å². The van der Waals surface area contributed by atoms with Gasteiger partial charge in [0.2, 0.25) is 0 Å². The Balaban J connectivity index is 4.00. The molecule has 0 rings (SSSR count). The molecule has 0 aliphatic heterocycles. The maximum Gasteiger partial charge on any atom is 0.328 e. The minimum Gasteiger partial charge on any atom is -0.478 e. The van der Waals surface area contributed by atoms with E-state index in [1.165, 1.54) is 0 Å². The summed E-state index contributed by atoms with van der Waals surface area (Å²) in [5, 5.41) is 8.20. The number of rotatable bonds is 2. The molecule has 0 heterocycles. The van der Waals surface area contributed by atoms with Gasteiger partial charge in [-0.3, -0.25) is 0 Å². The molecule has 0 aliphatic rings. The van der Waals surface area contributed by atoms with Gasteiger partial charge in [0, 0.05) is 12.1 Å². The smallest absolute Gasteiger partial charge is 0.328 e. The zero-order valence-corrected chi connectivity index (χ0v) is 5.59. The van der Waals surface area contributed by atoms with Crippen LogP contribution in [0.25, 0.3) is 0 Å². The molecule has 3 nitrogen and oxygen atoms in total. The highest BCUT2D eigenvalue weighted by molar-refractivity contribution is 5.80. The third kappa shape index (κ3) is 3.73. The van der Waals surface area contributed by atoms with Gasteiger partial charge in [0.1, 0.15) is 0 Å². The first-order valence-electron chi connectivity index (χ1n) is 2.70. The average molecular weight is 129 g/mol. The van der Waals surface area contributed by atoms with Crippen molar-refractivity contribution in [2.24, 2.45) is 5.73 Å². The van der Waals surface area contributed by atoms with Gasteiger partial charge < -0.3 is 10.8 Å². The molecule has 0 fully saturated rings. The molecule has 0 aliphatic carbocycles. The Labute approximate surface area is 54.2 Å². The number of aliphatic carboxylic acids is 1. The van der Waals surface area contributed by atoms with Gasteiger partial charge in [-0.15, -0.1) is 0 Å².